The number of nitrogens with two attached hydrogens (primary N) is 1. The lowest BCUT2D eigenvalue weighted by molar-refractivity contribution is -0.121. The molecule has 1 aromatic rings. The van der Waals surface area contributed by atoms with Gasteiger partial charge in [0.2, 0.25) is 15.9 Å². The molecule has 0 saturated heterocycles. The Morgan fingerprint density at radius 2 is 2.10 bits per heavy atom. The fraction of sp³-hybridized carbons (Fsp3) is 0.462. The Balaban J connectivity index is 2.92. The van der Waals surface area contributed by atoms with Crippen LogP contribution in [0.4, 0.5) is 4.39 Å². The maximum Gasteiger partial charge on any atom is 0.243 e. The van der Waals surface area contributed by atoms with Crippen LogP contribution in [0.3, 0.4) is 0 Å². The molecule has 1 amide bonds. The smallest absolute Gasteiger partial charge is 0.243 e. The van der Waals surface area contributed by atoms with E-state index < -0.39 is 15.8 Å². The van der Waals surface area contributed by atoms with Gasteiger partial charge in [-0.15, -0.1) is 0 Å². The van der Waals surface area contributed by atoms with Gasteiger partial charge in [-0.05, 0) is 24.6 Å². The Kier molecular flexibility index (Phi) is 6.25. The summed E-state index contributed by atoms with van der Waals surface area (Å²) in [6.45, 7) is 1.99. The highest BCUT2D eigenvalue weighted by Gasteiger charge is 2.23. The van der Waals surface area contributed by atoms with Crippen LogP contribution in [0.1, 0.15) is 18.9 Å². The molecular formula is C13H20FN3O3S. The predicted molar refractivity (Wildman–Crippen MR) is 77.4 cm³/mol. The molecule has 0 unspecified atom stereocenters. The number of benzene rings is 1. The SMILES string of the molecule is CCCNC(=O)CN(C)S(=O)(=O)c1ccc(F)c(CN)c1. The van der Waals surface area contributed by atoms with Crippen LogP contribution in [0, 0.1) is 5.82 Å². The summed E-state index contributed by atoms with van der Waals surface area (Å²) in [6.07, 6.45) is 0.764. The summed E-state index contributed by atoms with van der Waals surface area (Å²) in [5.74, 6) is -0.941. The van der Waals surface area contributed by atoms with Gasteiger partial charge in [0.25, 0.3) is 0 Å². The van der Waals surface area contributed by atoms with Crippen LogP contribution in [-0.4, -0.2) is 38.8 Å². The van der Waals surface area contributed by atoms with Crippen molar-refractivity contribution in [2.24, 2.45) is 5.73 Å². The molecule has 6 nitrogen and oxygen atoms in total. The number of amides is 1. The van der Waals surface area contributed by atoms with Gasteiger partial charge in [0, 0.05) is 25.7 Å². The minimum atomic E-state index is -3.86. The standard InChI is InChI=1S/C13H20FN3O3S/c1-3-6-16-13(18)9-17(2)21(19,20)11-4-5-12(14)10(7-11)8-15/h4-5,7H,3,6,8-9,15H2,1-2H3,(H,16,18). The van der Waals surface area contributed by atoms with Gasteiger partial charge in [0.05, 0.1) is 11.4 Å². The molecule has 0 atom stereocenters. The lowest BCUT2D eigenvalue weighted by Crippen LogP contribution is -2.38. The number of halogens is 1. The number of nitrogens with zero attached hydrogens (tertiary/aromatic N) is 1. The highest BCUT2D eigenvalue weighted by molar-refractivity contribution is 7.89. The molecule has 0 aromatic heterocycles. The highest BCUT2D eigenvalue weighted by Crippen LogP contribution is 2.18. The number of sulfonamides is 1. The van der Waals surface area contributed by atoms with E-state index in [1.807, 2.05) is 6.92 Å². The second-order valence-electron chi connectivity index (χ2n) is 4.57. The second-order valence-corrected chi connectivity index (χ2v) is 6.61. The predicted octanol–water partition coefficient (Wildman–Crippen LogP) is 0.431. The van der Waals surface area contributed by atoms with E-state index in [2.05, 4.69) is 5.32 Å². The van der Waals surface area contributed by atoms with Gasteiger partial charge in [0.15, 0.2) is 0 Å². The van der Waals surface area contributed by atoms with E-state index in [4.69, 9.17) is 5.73 Å². The summed E-state index contributed by atoms with van der Waals surface area (Å²) in [5.41, 5.74) is 5.47. The fourth-order valence-corrected chi connectivity index (χ4v) is 2.83. The average Bonchev–Trinajstić information content (AvgIpc) is 2.45. The molecule has 1 aromatic carbocycles. The molecule has 0 aliphatic rings. The zero-order valence-corrected chi connectivity index (χ0v) is 12.9. The van der Waals surface area contributed by atoms with Crippen molar-refractivity contribution >= 4 is 15.9 Å². The quantitative estimate of drug-likeness (QED) is 0.763. The Bertz CT molecular complexity index is 605. The Labute approximate surface area is 124 Å². The summed E-state index contributed by atoms with van der Waals surface area (Å²) in [7, 11) is -2.56. The van der Waals surface area contributed by atoms with Gasteiger partial charge in [-0.1, -0.05) is 6.92 Å². The van der Waals surface area contributed by atoms with Gasteiger partial charge in [-0.2, -0.15) is 4.31 Å². The van der Waals surface area contributed by atoms with E-state index in [9.17, 15) is 17.6 Å². The third kappa shape index (κ3) is 4.48. The molecule has 3 N–H and O–H groups in total. The number of hydrogen-bond acceptors (Lipinski definition) is 4. The minimum absolute atomic E-state index is 0.0878. The van der Waals surface area contributed by atoms with Gasteiger partial charge < -0.3 is 11.1 Å². The molecule has 0 fully saturated rings. The molecule has 0 spiro atoms. The first kappa shape index (κ1) is 17.5. The number of carbonyl (C=O) groups excluding carboxylic acids is 1. The van der Waals surface area contributed by atoms with Crippen molar-refractivity contribution in [1.82, 2.24) is 9.62 Å². The third-order valence-electron chi connectivity index (χ3n) is 2.88. The van der Waals surface area contributed by atoms with Crippen molar-refractivity contribution in [3.05, 3.63) is 29.6 Å². The van der Waals surface area contributed by atoms with E-state index >= 15 is 0 Å². The zero-order chi connectivity index (χ0) is 16.0. The van der Waals surface area contributed by atoms with Crippen LogP contribution in [0.15, 0.2) is 23.1 Å². The largest absolute Gasteiger partial charge is 0.355 e. The van der Waals surface area contributed by atoms with Crippen molar-refractivity contribution in [3.63, 3.8) is 0 Å². The van der Waals surface area contributed by atoms with Gasteiger partial charge in [0.1, 0.15) is 5.82 Å². The van der Waals surface area contributed by atoms with Gasteiger partial charge in [-0.25, -0.2) is 12.8 Å². The van der Waals surface area contributed by atoms with Crippen LogP contribution >= 0.6 is 0 Å². The maximum absolute atomic E-state index is 13.4. The molecule has 21 heavy (non-hydrogen) atoms. The fourth-order valence-electron chi connectivity index (χ4n) is 1.66. The molecule has 1 rings (SSSR count). The van der Waals surface area contributed by atoms with Crippen LogP contribution in [0.25, 0.3) is 0 Å². The summed E-state index contributed by atoms with van der Waals surface area (Å²) in [4.78, 5) is 11.5. The first-order chi connectivity index (χ1) is 9.82. The highest BCUT2D eigenvalue weighted by atomic mass is 32.2. The van der Waals surface area contributed by atoms with Crippen molar-refractivity contribution in [3.8, 4) is 0 Å². The van der Waals surface area contributed by atoms with Crippen LogP contribution in [0.5, 0.6) is 0 Å². The van der Waals surface area contributed by atoms with Gasteiger partial charge >= 0.3 is 0 Å². The van der Waals surface area contributed by atoms with Crippen LogP contribution in [0.2, 0.25) is 0 Å². The van der Waals surface area contributed by atoms with E-state index in [1.165, 1.54) is 13.1 Å². The number of likely N-dealkylation sites (N-methyl/N-ethyl adjacent to an activating group) is 1. The normalized spacial score (nSPS) is 11.7. The molecule has 118 valence electrons. The lowest BCUT2D eigenvalue weighted by atomic mass is 10.2. The number of rotatable bonds is 7. The number of carbonyl (C=O) groups is 1. The molecule has 0 aliphatic carbocycles. The molecule has 0 aliphatic heterocycles. The molecule has 0 heterocycles. The Morgan fingerprint density at radius 1 is 1.43 bits per heavy atom. The Morgan fingerprint density at radius 3 is 2.67 bits per heavy atom. The van der Waals surface area contributed by atoms with E-state index in [0.717, 1.165) is 22.9 Å². The average molecular weight is 317 g/mol. The third-order valence-corrected chi connectivity index (χ3v) is 4.68. The summed E-state index contributed by atoms with van der Waals surface area (Å²) in [5, 5.41) is 2.59. The van der Waals surface area contributed by atoms with E-state index in [-0.39, 0.29) is 29.5 Å². The van der Waals surface area contributed by atoms with Crippen molar-refractivity contribution in [1.29, 1.82) is 0 Å². The lowest BCUT2D eigenvalue weighted by Gasteiger charge is -2.17. The number of hydrogen-bond donors (Lipinski definition) is 2. The van der Waals surface area contributed by atoms with Crippen molar-refractivity contribution in [2.45, 2.75) is 24.8 Å². The second kappa shape index (κ2) is 7.48. The molecule has 0 saturated carbocycles. The number of nitrogens with one attached hydrogen (secondary N) is 1. The minimum Gasteiger partial charge on any atom is -0.355 e. The summed E-state index contributed by atoms with van der Waals surface area (Å²) >= 11 is 0. The molecule has 0 radical (unpaired) electrons. The molecule has 8 heteroatoms. The molecule has 0 bridgehead atoms. The first-order valence-corrected chi connectivity index (χ1v) is 7.98. The molecular weight excluding hydrogens is 297 g/mol. The van der Waals surface area contributed by atoms with Crippen molar-refractivity contribution < 1.29 is 17.6 Å². The first-order valence-electron chi connectivity index (χ1n) is 6.54. The maximum atomic E-state index is 13.4. The summed E-state index contributed by atoms with van der Waals surface area (Å²) < 4.78 is 38.9. The van der Waals surface area contributed by atoms with E-state index in [0.29, 0.717) is 6.54 Å². The van der Waals surface area contributed by atoms with Gasteiger partial charge in [-0.3, -0.25) is 4.79 Å². The topological polar surface area (TPSA) is 92.5 Å². The zero-order valence-electron chi connectivity index (χ0n) is 12.1. The van der Waals surface area contributed by atoms with Crippen LogP contribution < -0.4 is 11.1 Å². The van der Waals surface area contributed by atoms with E-state index in [1.54, 1.807) is 0 Å². The monoisotopic (exact) mass is 317 g/mol. The Hall–Kier alpha value is -1.51. The van der Waals surface area contributed by atoms with Crippen LogP contribution in [-0.2, 0) is 21.4 Å². The van der Waals surface area contributed by atoms with Crippen molar-refractivity contribution in [2.75, 3.05) is 20.1 Å². The summed E-state index contributed by atoms with van der Waals surface area (Å²) in [6, 6.07) is 3.40.